The summed E-state index contributed by atoms with van der Waals surface area (Å²) in [7, 11) is 0. The van der Waals surface area contributed by atoms with Crippen molar-refractivity contribution in [1.82, 2.24) is 39.5 Å². The second-order valence-corrected chi connectivity index (χ2v) is 12.2. The first kappa shape index (κ1) is 34.3. The molecule has 6 rings (SSSR count). The van der Waals surface area contributed by atoms with Gasteiger partial charge in [-0.15, -0.1) is 0 Å². The van der Waals surface area contributed by atoms with Gasteiger partial charge in [-0.25, -0.2) is 19.9 Å². The monoisotopic (exact) mass is 738 g/mol. The van der Waals surface area contributed by atoms with Gasteiger partial charge < -0.3 is 5.11 Å². The Bertz CT molecular complexity index is 2130. The van der Waals surface area contributed by atoms with E-state index < -0.39 is 11.9 Å². The third kappa shape index (κ3) is 6.66. The predicted octanol–water partition coefficient (Wildman–Crippen LogP) is 8.54. The maximum Gasteiger partial charge on any atom is 0.216 e. The molecule has 0 saturated heterocycles. The Kier molecular flexibility index (Phi) is 10.4. The third-order valence-electron chi connectivity index (χ3n) is 7.00. The summed E-state index contributed by atoms with van der Waals surface area (Å²) in [4.78, 5) is 29.0. The molecule has 1 atom stereocenters. The van der Waals surface area contributed by atoms with E-state index in [0.29, 0.717) is 44.5 Å². The van der Waals surface area contributed by atoms with Crippen molar-refractivity contribution < 1.29 is 9.90 Å². The zero-order valence-electron chi connectivity index (χ0n) is 24.7. The molecule has 0 fully saturated rings. The van der Waals surface area contributed by atoms with Crippen molar-refractivity contribution in [3.63, 3.8) is 0 Å². The molecule has 16 heteroatoms. The molecule has 0 radical (unpaired) electrons. The number of hydrogen-bond donors (Lipinski definition) is 1. The molecule has 1 N–H and O–H groups in total. The number of aliphatic hydroxyl groups is 1. The second-order valence-electron chi connectivity index (χ2n) is 9.98. The van der Waals surface area contributed by atoms with Crippen LogP contribution in [-0.4, -0.2) is 50.4 Å². The maximum atomic E-state index is 12.7. The van der Waals surface area contributed by atoms with Gasteiger partial charge in [0.2, 0.25) is 5.78 Å². The van der Waals surface area contributed by atoms with Crippen molar-refractivity contribution in [3.05, 3.63) is 101 Å². The zero-order chi connectivity index (χ0) is 33.4. The standard InChI is InChI=1S/C15H13Cl3N4O.C15H11Cl3N4O/c2*1-3-22-6-9-10(21-22)5-4-8(11(9)16)13(23)12-15(18)20-14(17)7(2)19-12/h4-6,13,23H,3H2,1-2H3;4-6H,3H2,1-2H3. The van der Waals surface area contributed by atoms with Crippen LogP contribution in [-0.2, 0) is 13.1 Å². The van der Waals surface area contributed by atoms with Crippen LogP contribution in [0.4, 0.5) is 0 Å². The summed E-state index contributed by atoms with van der Waals surface area (Å²) in [5, 5.41) is 22.0. The smallest absolute Gasteiger partial charge is 0.216 e. The van der Waals surface area contributed by atoms with E-state index in [1.165, 1.54) is 0 Å². The van der Waals surface area contributed by atoms with Crippen LogP contribution in [0, 0.1) is 13.8 Å². The lowest BCUT2D eigenvalue weighted by atomic mass is 10.0. The van der Waals surface area contributed by atoms with Crippen LogP contribution in [0.2, 0.25) is 30.7 Å². The van der Waals surface area contributed by atoms with E-state index in [9.17, 15) is 9.90 Å². The van der Waals surface area contributed by atoms with Gasteiger partial charge in [0.25, 0.3) is 0 Å². The van der Waals surface area contributed by atoms with E-state index in [0.717, 1.165) is 23.0 Å². The van der Waals surface area contributed by atoms with Crippen molar-refractivity contribution in [2.24, 2.45) is 0 Å². The van der Waals surface area contributed by atoms with E-state index in [4.69, 9.17) is 69.6 Å². The van der Waals surface area contributed by atoms with Gasteiger partial charge >= 0.3 is 0 Å². The Morgan fingerprint density at radius 1 is 0.717 bits per heavy atom. The van der Waals surface area contributed by atoms with Gasteiger partial charge in [0.15, 0.2) is 20.6 Å². The van der Waals surface area contributed by atoms with E-state index >= 15 is 0 Å². The Balaban J connectivity index is 0.000000181. The largest absolute Gasteiger partial charge is 0.382 e. The van der Waals surface area contributed by atoms with Gasteiger partial charge in [-0.1, -0.05) is 75.7 Å². The van der Waals surface area contributed by atoms with Crippen LogP contribution >= 0.6 is 69.6 Å². The van der Waals surface area contributed by atoms with Crippen LogP contribution in [0.1, 0.15) is 58.6 Å². The highest BCUT2D eigenvalue weighted by Crippen LogP contribution is 2.35. The average molecular weight is 741 g/mol. The molecular formula is C30H24Cl6N8O2. The number of aliphatic hydroxyl groups excluding tert-OH is 1. The molecule has 0 spiro atoms. The first-order chi connectivity index (χ1) is 21.8. The van der Waals surface area contributed by atoms with Crippen molar-refractivity contribution in [2.45, 2.75) is 46.9 Å². The van der Waals surface area contributed by atoms with Gasteiger partial charge in [-0.3, -0.25) is 14.2 Å². The summed E-state index contributed by atoms with van der Waals surface area (Å²) in [5.74, 6) is -0.404. The minimum atomic E-state index is -1.10. The Labute approximate surface area is 293 Å². The molecule has 6 aromatic rings. The molecule has 4 heterocycles. The lowest BCUT2D eigenvalue weighted by Gasteiger charge is -2.14. The Morgan fingerprint density at radius 3 is 1.83 bits per heavy atom. The number of carbonyl (C=O) groups excluding carboxylic acids is 1. The number of halogens is 6. The van der Waals surface area contributed by atoms with Crippen molar-refractivity contribution >= 4 is 97.2 Å². The summed E-state index contributed by atoms with van der Waals surface area (Å²) in [6.07, 6.45) is 2.54. The molecule has 0 saturated carbocycles. The minimum Gasteiger partial charge on any atom is -0.382 e. The van der Waals surface area contributed by atoms with Crippen molar-refractivity contribution in [3.8, 4) is 0 Å². The third-order valence-corrected chi connectivity index (χ3v) is 9.08. The van der Waals surface area contributed by atoms with Gasteiger partial charge in [-0.05, 0) is 45.9 Å². The fourth-order valence-corrected chi connectivity index (χ4v) is 5.91. The van der Waals surface area contributed by atoms with Gasteiger partial charge in [0.05, 0.1) is 32.5 Å². The highest BCUT2D eigenvalue weighted by molar-refractivity contribution is 6.41. The molecule has 0 amide bonds. The van der Waals surface area contributed by atoms with Gasteiger partial charge in [0, 0.05) is 47.4 Å². The van der Waals surface area contributed by atoms with E-state index in [1.807, 2.05) is 20.0 Å². The van der Waals surface area contributed by atoms with Crippen LogP contribution in [0.15, 0.2) is 36.7 Å². The number of benzene rings is 2. The summed E-state index contributed by atoms with van der Waals surface area (Å²) >= 11 is 36.7. The number of nitrogens with zero attached hydrogens (tertiary/aromatic N) is 8. The summed E-state index contributed by atoms with van der Waals surface area (Å²) in [6.45, 7) is 8.74. The van der Waals surface area contributed by atoms with Crippen LogP contribution < -0.4 is 0 Å². The average Bonchev–Trinajstić information content (AvgIpc) is 3.66. The lowest BCUT2D eigenvalue weighted by Crippen LogP contribution is -2.08. The fraction of sp³-hybridized carbons (Fsp3) is 0.233. The number of aromatic nitrogens is 8. The molecule has 0 bridgehead atoms. The second kappa shape index (κ2) is 13.9. The topological polar surface area (TPSA) is 124 Å². The van der Waals surface area contributed by atoms with E-state index in [-0.39, 0.29) is 32.0 Å². The lowest BCUT2D eigenvalue weighted by molar-refractivity contribution is 0.103. The van der Waals surface area contributed by atoms with E-state index in [2.05, 4.69) is 30.1 Å². The number of rotatable bonds is 6. The number of aryl methyl sites for hydroxylation is 4. The molecule has 0 aliphatic rings. The molecule has 1 unspecified atom stereocenters. The zero-order valence-corrected chi connectivity index (χ0v) is 29.2. The molecule has 0 aliphatic heterocycles. The van der Waals surface area contributed by atoms with Crippen molar-refractivity contribution in [1.29, 1.82) is 0 Å². The SMILES string of the molecule is CCn1cc2c(Cl)c(C(=O)c3nc(C)c(Cl)nc3Cl)ccc2n1.CCn1cc2c(Cl)c(C(O)c3nc(C)c(Cl)nc3Cl)ccc2n1. The summed E-state index contributed by atoms with van der Waals surface area (Å²) in [5.41, 5.74) is 3.43. The number of fused-ring (bicyclic) bond motifs is 2. The van der Waals surface area contributed by atoms with Crippen LogP contribution in [0.5, 0.6) is 0 Å². The highest BCUT2D eigenvalue weighted by atomic mass is 35.5. The maximum absolute atomic E-state index is 12.7. The summed E-state index contributed by atoms with van der Waals surface area (Å²) < 4.78 is 3.54. The quantitative estimate of drug-likeness (QED) is 0.169. The minimum absolute atomic E-state index is 0.0256. The summed E-state index contributed by atoms with van der Waals surface area (Å²) in [6, 6.07) is 6.87. The number of carbonyl (C=O) groups is 1. The normalized spacial score (nSPS) is 12.0. The molecule has 4 aromatic heterocycles. The number of hydrogen-bond acceptors (Lipinski definition) is 8. The molecule has 10 nitrogen and oxygen atoms in total. The first-order valence-corrected chi connectivity index (χ1v) is 16.0. The fourth-order valence-electron chi connectivity index (χ4n) is 4.52. The molecular weight excluding hydrogens is 717 g/mol. The number of ketones is 1. The molecule has 238 valence electrons. The van der Waals surface area contributed by atoms with Crippen LogP contribution in [0.3, 0.4) is 0 Å². The molecule has 46 heavy (non-hydrogen) atoms. The van der Waals surface area contributed by atoms with Gasteiger partial charge in [0.1, 0.15) is 17.5 Å². The van der Waals surface area contributed by atoms with Crippen molar-refractivity contribution in [2.75, 3.05) is 0 Å². The van der Waals surface area contributed by atoms with E-state index in [1.54, 1.807) is 53.7 Å². The molecule has 0 aliphatic carbocycles. The Hall–Kier alpha value is -3.09. The molecule has 2 aromatic carbocycles. The predicted molar refractivity (Wildman–Crippen MR) is 182 cm³/mol. The highest BCUT2D eigenvalue weighted by Gasteiger charge is 2.24. The van der Waals surface area contributed by atoms with Gasteiger partial charge in [-0.2, -0.15) is 10.2 Å². The Morgan fingerprint density at radius 2 is 1.24 bits per heavy atom. The van der Waals surface area contributed by atoms with Crippen LogP contribution in [0.25, 0.3) is 21.8 Å². The first-order valence-electron chi connectivity index (χ1n) is 13.8.